The summed E-state index contributed by atoms with van der Waals surface area (Å²) in [5, 5.41) is 17.0. The maximum Gasteiger partial charge on any atom is 0.390 e. The second kappa shape index (κ2) is 12.2. The number of fused-ring (bicyclic) bond motifs is 1. The third-order valence-corrected chi connectivity index (χ3v) is 7.73. The van der Waals surface area contributed by atoms with Crippen LogP contribution in [0.2, 0.25) is 0 Å². The van der Waals surface area contributed by atoms with Gasteiger partial charge < -0.3 is 20.3 Å². The molecule has 3 aromatic rings. The molecular formula is C27H36ClF3N6O. The van der Waals surface area contributed by atoms with Crippen molar-refractivity contribution in [3.8, 4) is 11.1 Å². The number of halogens is 4. The lowest BCUT2D eigenvalue weighted by atomic mass is 9.93. The van der Waals surface area contributed by atoms with E-state index in [0.717, 1.165) is 68.4 Å². The summed E-state index contributed by atoms with van der Waals surface area (Å²) < 4.78 is 40.0. The molecule has 0 radical (unpaired) electrons. The molecule has 1 atom stereocenters. The molecule has 0 amide bonds. The van der Waals surface area contributed by atoms with Gasteiger partial charge in [0.25, 0.3) is 0 Å². The van der Waals surface area contributed by atoms with Crippen LogP contribution in [-0.2, 0) is 0 Å². The Morgan fingerprint density at radius 2 is 1.79 bits per heavy atom. The molecule has 7 nitrogen and oxygen atoms in total. The van der Waals surface area contributed by atoms with Gasteiger partial charge in [0.15, 0.2) is 0 Å². The van der Waals surface area contributed by atoms with Crippen molar-refractivity contribution in [3.63, 3.8) is 0 Å². The van der Waals surface area contributed by atoms with E-state index in [2.05, 4.69) is 67.5 Å². The molecule has 2 aromatic heterocycles. The fourth-order valence-corrected chi connectivity index (χ4v) is 5.50. The average Bonchev–Trinajstić information content (AvgIpc) is 3.27. The second-order valence-electron chi connectivity index (χ2n) is 10.2. The van der Waals surface area contributed by atoms with Crippen LogP contribution in [0.15, 0.2) is 36.7 Å². The number of nitrogens with zero attached hydrogens (tertiary/aromatic N) is 4. The first-order chi connectivity index (χ1) is 17.8. The van der Waals surface area contributed by atoms with Gasteiger partial charge in [0.2, 0.25) is 5.95 Å². The maximum absolute atomic E-state index is 12.6. The summed E-state index contributed by atoms with van der Waals surface area (Å²) in [4.78, 5) is 11.5. The van der Waals surface area contributed by atoms with E-state index in [1.54, 1.807) is 6.20 Å². The monoisotopic (exact) mass is 552 g/mol. The molecule has 11 heteroatoms. The van der Waals surface area contributed by atoms with Crippen molar-refractivity contribution in [2.24, 2.45) is 0 Å². The highest BCUT2D eigenvalue weighted by Crippen LogP contribution is 2.37. The van der Waals surface area contributed by atoms with Gasteiger partial charge in [0, 0.05) is 68.2 Å². The van der Waals surface area contributed by atoms with Crippen molar-refractivity contribution in [2.45, 2.75) is 63.4 Å². The molecule has 2 fully saturated rings. The van der Waals surface area contributed by atoms with Crippen molar-refractivity contribution in [2.75, 3.05) is 38.0 Å². The summed E-state index contributed by atoms with van der Waals surface area (Å²) in [6.45, 7) is 6.04. The summed E-state index contributed by atoms with van der Waals surface area (Å²) in [6.07, 6.45) is 1.44. The molecule has 2 aliphatic rings. The molecule has 0 bridgehead atoms. The van der Waals surface area contributed by atoms with E-state index >= 15 is 0 Å². The summed E-state index contributed by atoms with van der Waals surface area (Å²) >= 11 is 0. The van der Waals surface area contributed by atoms with Crippen LogP contribution in [0.3, 0.4) is 0 Å². The Morgan fingerprint density at radius 3 is 2.45 bits per heavy atom. The number of anilines is 1. The van der Waals surface area contributed by atoms with Crippen molar-refractivity contribution < 1.29 is 18.3 Å². The predicted molar refractivity (Wildman–Crippen MR) is 146 cm³/mol. The van der Waals surface area contributed by atoms with E-state index in [9.17, 15) is 18.3 Å². The van der Waals surface area contributed by atoms with Gasteiger partial charge in [0.1, 0.15) is 5.65 Å². The third kappa shape index (κ3) is 6.59. The standard InChI is InChI=1S/C27H35F3N6O.ClH/c1-18(35-14-12-31-13-15-35)19-2-4-20(5-3-19)24-17-36(21-6-8-22(37)9-7-21)25-23(24)16-33-26(34-25)32-11-10-27(28,29)30;/h2-5,16-18,21-22,31,37H,6-15H2,1H3,(H,32,33,34);1H/t18?,21-,22-;. The van der Waals surface area contributed by atoms with Gasteiger partial charge in [-0.2, -0.15) is 18.2 Å². The first kappa shape index (κ1) is 28.6. The molecule has 38 heavy (non-hydrogen) atoms. The highest BCUT2D eigenvalue weighted by atomic mass is 35.5. The maximum atomic E-state index is 12.6. The van der Waals surface area contributed by atoms with Crippen LogP contribution in [0, 0.1) is 0 Å². The smallest absolute Gasteiger partial charge is 0.390 e. The van der Waals surface area contributed by atoms with Crippen LogP contribution in [0.1, 0.15) is 56.7 Å². The normalized spacial score (nSPS) is 21.7. The Kier molecular flexibility index (Phi) is 9.18. The Balaban J connectivity index is 0.00000336. The number of hydrogen-bond donors (Lipinski definition) is 3. The first-order valence-electron chi connectivity index (χ1n) is 13.2. The number of hydrogen-bond acceptors (Lipinski definition) is 6. The summed E-state index contributed by atoms with van der Waals surface area (Å²) in [5.41, 5.74) is 4.03. The average molecular weight is 553 g/mol. The second-order valence-corrected chi connectivity index (χ2v) is 10.2. The van der Waals surface area contributed by atoms with Crippen LogP contribution < -0.4 is 10.6 Å². The summed E-state index contributed by atoms with van der Waals surface area (Å²) in [6, 6.07) is 9.12. The lowest BCUT2D eigenvalue weighted by Gasteiger charge is -2.33. The highest BCUT2D eigenvalue weighted by Gasteiger charge is 2.27. The van der Waals surface area contributed by atoms with E-state index in [0.29, 0.717) is 11.7 Å². The van der Waals surface area contributed by atoms with Gasteiger partial charge in [-0.3, -0.25) is 4.90 Å². The predicted octanol–water partition coefficient (Wildman–Crippen LogP) is 5.33. The topological polar surface area (TPSA) is 78.2 Å². The van der Waals surface area contributed by atoms with Gasteiger partial charge in [-0.05, 0) is 43.7 Å². The Labute approximate surface area is 227 Å². The van der Waals surface area contributed by atoms with Crippen LogP contribution in [0.5, 0.6) is 0 Å². The number of aliphatic hydroxyl groups is 1. The third-order valence-electron chi connectivity index (χ3n) is 7.73. The van der Waals surface area contributed by atoms with Crippen LogP contribution in [0.25, 0.3) is 22.2 Å². The molecule has 208 valence electrons. The van der Waals surface area contributed by atoms with E-state index in [1.165, 1.54) is 5.56 Å². The van der Waals surface area contributed by atoms with Gasteiger partial charge in [0.05, 0.1) is 12.5 Å². The zero-order valence-corrected chi connectivity index (χ0v) is 22.4. The molecular weight excluding hydrogens is 517 g/mol. The largest absolute Gasteiger partial charge is 0.393 e. The Morgan fingerprint density at radius 1 is 1.11 bits per heavy atom. The number of aliphatic hydroxyl groups excluding tert-OH is 1. The van der Waals surface area contributed by atoms with Gasteiger partial charge in [-0.15, -0.1) is 12.4 Å². The number of benzene rings is 1. The molecule has 1 unspecified atom stereocenters. The summed E-state index contributed by atoms with van der Waals surface area (Å²) in [5.74, 6) is 0.193. The van der Waals surface area contributed by atoms with Gasteiger partial charge >= 0.3 is 6.18 Å². The molecule has 1 aliphatic carbocycles. The van der Waals surface area contributed by atoms with E-state index in [1.807, 2.05) is 0 Å². The van der Waals surface area contributed by atoms with Crippen molar-refractivity contribution >= 4 is 29.4 Å². The van der Waals surface area contributed by atoms with Crippen LogP contribution in [0.4, 0.5) is 19.1 Å². The van der Waals surface area contributed by atoms with Gasteiger partial charge in [-0.25, -0.2) is 4.98 Å². The number of aromatic nitrogens is 3. The number of nitrogens with one attached hydrogen (secondary N) is 2. The zero-order chi connectivity index (χ0) is 26.0. The molecule has 5 rings (SSSR count). The van der Waals surface area contributed by atoms with E-state index in [4.69, 9.17) is 0 Å². The Bertz CT molecular complexity index is 1190. The molecule has 1 aliphatic heterocycles. The van der Waals surface area contributed by atoms with Gasteiger partial charge in [-0.1, -0.05) is 24.3 Å². The van der Waals surface area contributed by atoms with Crippen LogP contribution >= 0.6 is 12.4 Å². The van der Waals surface area contributed by atoms with Crippen molar-refractivity contribution in [3.05, 3.63) is 42.2 Å². The molecule has 1 aromatic carbocycles. The SMILES string of the molecule is CC(c1ccc(-c2cn([C@H]3CC[C@H](O)CC3)c3nc(NCCC(F)(F)F)ncc23)cc1)N1CCNCC1.Cl. The Hall–Kier alpha value is -2.40. The fraction of sp³-hybridized carbons (Fsp3) is 0.556. The molecule has 0 spiro atoms. The highest BCUT2D eigenvalue weighted by molar-refractivity contribution is 5.94. The van der Waals surface area contributed by atoms with E-state index < -0.39 is 12.6 Å². The van der Waals surface area contributed by atoms with E-state index in [-0.39, 0.29) is 37.0 Å². The minimum atomic E-state index is -4.23. The minimum Gasteiger partial charge on any atom is -0.393 e. The lowest BCUT2D eigenvalue weighted by Crippen LogP contribution is -2.44. The minimum absolute atomic E-state index is 0. The van der Waals surface area contributed by atoms with Crippen LogP contribution in [-0.4, -0.2) is 69.5 Å². The first-order valence-corrected chi connectivity index (χ1v) is 13.2. The molecule has 1 saturated carbocycles. The number of alkyl halides is 3. The summed E-state index contributed by atoms with van der Waals surface area (Å²) in [7, 11) is 0. The lowest BCUT2D eigenvalue weighted by molar-refractivity contribution is -0.131. The fourth-order valence-electron chi connectivity index (χ4n) is 5.50. The molecule has 1 saturated heterocycles. The zero-order valence-electron chi connectivity index (χ0n) is 21.5. The quantitative estimate of drug-likeness (QED) is 0.368. The number of piperazine rings is 1. The molecule has 3 N–H and O–H groups in total. The molecule has 3 heterocycles. The van der Waals surface area contributed by atoms with Crippen molar-refractivity contribution in [1.29, 1.82) is 0 Å². The number of rotatable bonds is 7. The van der Waals surface area contributed by atoms with Crippen molar-refractivity contribution in [1.82, 2.24) is 24.8 Å².